The van der Waals surface area contributed by atoms with E-state index in [9.17, 15) is 13.2 Å². The number of H-pyrrole nitrogens is 1. The Kier molecular flexibility index (Phi) is 3.31. The third-order valence-corrected chi connectivity index (χ3v) is 3.55. The second-order valence-corrected chi connectivity index (χ2v) is 4.91. The van der Waals surface area contributed by atoms with Crippen LogP contribution in [0.2, 0.25) is 0 Å². The Morgan fingerprint density at radius 2 is 1.61 bits per heavy atom. The van der Waals surface area contributed by atoms with Crippen LogP contribution in [-0.2, 0) is 6.18 Å². The molecule has 23 heavy (non-hydrogen) atoms. The first kappa shape index (κ1) is 14.7. The van der Waals surface area contributed by atoms with Crippen molar-refractivity contribution in [2.45, 2.75) is 6.18 Å². The van der Waals surface area contributed by atoms with E-state index in [-0.39, 0.29) is 11.3 Å². The molecule has 0 saturated carbocycles. The number of alkyl halides is 3. The van der Waals surface area contributed by atoms with Crippen molar-refractivity contribution in [2.75, 3.05) is 0 Å². The minimum atomic E-state index is -4.73. The fourth-order valence-electron chi connectivity index (χ4n) is 2.54. The Labute approximate surface area is 129 Å². The van der Waals surface area contributed by atoms with Crippen molar-refractivity contribution >= 4 is 10.8 Å². The highest BCUT2D eigenvalue weighted by molar-refractivity contribution is 5.89. The number of hydrogen-bond acceptors (Lipinski definition) is 2. The van der Waals surface area contributed by atoms with Crippen LogP contribution in [0.5, 0.6) is 0 Å². The molecular formula is C17H8F3N3. The Bertz CT molecular complexity index is 985. The molecule has 0 fully saturated rings. The van der Waals surface area contributed by atoms with E-state index in [1.54, 1.807) is 36.4 Å². The van der Waals surface area contributed by atoms with Crippen molar-refractivity contribution in [3.8, 4) is 23.3 Å². The van der Waals surface area contributed by atoms with Crippen LogP contribution in [-0.4, -0.2) is 4.98 Å². The van der Waals surface area contributed by atoms with Gasteiger partial charge in [-0.15, -0.1) is 0 Å². The number of halogens is 3. The number of nitrogens with zero attached hydrogens (tertiary/aromatic N) is 2. The Hall–Kier alpha value is -3.25. The summed E-state index contributed by atoms with van der Waals surface area (Å²) in [6.45, 7) is 0. The van der Waals surface area contributed by atoms with Gasteiger partial charge in [0.15, 0.2) is 0 Å². The van der Waals surface area contributed by atoms with Crippen LogP contribution in [0.1, 0.15) is 17.0 Å². The lowest BCUT2D eigenvalue weighted by Crippen LogP contribution is -2.07. The first-order chi connectivity index (χ1) is 11.0. The molecule has 0 aliphatic carbocycles. The van der Waals surface area contributed by atoms with Gasteiger partial charge in [0, 0.05) is 5.56 Å². The van der Waals surface area contributed by atoms with Crippen LogP contribution < -0.4 is 0 Å². The minimum Gasteiger partial charge on any atom is -0.341 e. The van der Waals surface area contributed by atoms with Crippen LogP contribution in [0.15, 0.2) is 42.5 Å². The molecule has 0 spiro atoms. The Morgan fingerprint density at radius 1 is 0.913 bits per heavy atom. The largest absolute Gasteiger partial charge is 0.432 e. The number of nitrogens with one attached hydrogen (secondary N) is 1. The monoisotopic (exact) mass is 311 g/mol. The van der Waals surface area contributed by atoms with Gasteiger partial charge in [-0.25, -0.2) is 0 Å². The molecule has 112 valence electrons. The van der Waals surface area contributed by atoms with Gasteiger partial charge in [-0.1, -0.05) is 36.4 Å². The van der Waals surface area contributed by atoms with Gasteiger partial charge in [-0.3, -0.25) is 0 Å². The maximum Gasteiger partial charge on any atom is 0.432 e. The van der Waals surface area contributed by atoms with E-state index in [0.29, 0.717) is 5.56 Å². The van der Waals surface area contributed by atoms with Gasteiger partial charge in [0.05, 0.1) is 5.56 Å². The standard InChI is InChI=1S/C17H8F3N3/c18-17(19,20)16-13(8-21)15(14(9-22)23-16)12-6-5-10-3-1-2-4-11(10)7-12/h1-7,23H. The highest BCUT2D eigenvalue weighted by Crippen LogP contribution is 2.38. The molecule has 0 unspecified atom stereocenters. The summed E-state index contributed by atoms with van der Waals surface area (Å²) in [6, 6.07) is 15.6. The van der Waals surface area contributed by atoms with Crippen LogP contribution in [0.3, 0.4) is 0 Å². The SMILES string of the molecule is N#Cc1[nH]c(C(F)(F)F)c(C#N)c1-c1ccc2ccccc2c1. The normalized spacial score (nSPS) is 11.2. The van der Waals surface area contributed by atoms with Crippen LogP contribution >= 0.6 is 0 Å². The van der Waals surface area contributed by atoms with Crippen LogP contribution in [0, 0.1) is 22.7 Å². The van der Waals surface area contributed by atoms with Gasteiger partial charge in [0.2, 0.25) is 0 Å². The number of aromatic amines is 1. The van der Waals surface area contributed by atoms with Gasteiger partial charge >= 0.3 is 6.18 Å². The van der Waals surface area contributed by atoms with E-state index in [1.807, 2.05) is 23.2 Å². The van der Waals surface area contributed by atoms with E-state index in [1.165, 1.54) is 0 Å². The molecular weight excluding hydrogens is 303 g/mol. The molecule has 1 heterocycles. The molecule has 0 saturated heterocycles. The lowest BCUT2D eigenvalue weighted by atomic mass is 9.98. The number of benzene rings is 2. The molecule has 2 aromatic carbocycles. The maximum absolute atomic E-state index is 13.0. The third-order valence-electron chi connectivity index (χ3n) is 3.55. The zero-order chi connectivity index (χ0) is 16.6. The van der Waals surface area contributed by atoms with Crippen LogP contribution in [0.25, 0.3) is 21.9 Å². The quantitative estimate of drug-likeness (QED) is 0.714. The fraction of sp³-hybridized carbons (Fsp3) is 0.0588. The summed E-state index contributed by atoms with van der Waals surface area (Å²) in [6.07, 6.45) is -4.73. The van der Waals surface area contributed by atoms with E-state index in [2.05, 4.69) is 0 Å². The van der Waals surface area contributed by atoms with E-state index in [4.69, 9.17) is 10.5 Å². The molecule has 3 nitrogen and oxygen atoms in total. The fourth-order valence-corrected chi connectivity index (χ4v) is 2.54. The van der Waals surface area contributed by atoms with Gasteiger partial charge < -0.3 is 4.98 Å². The Morgan fingerprint density at radius 3 is 2.22 bits per heavy atom. The summed E-state index contributed by atoms with van der Waals surface area (Å²) in [5, 5.41) is 20.0. The summed E-state index contributed by atoms with van der Waals surface area (Å²) in [5.41, 5.74) is -1.66. The van der Waals surface area contributed by atoms with Crippen molar-refractivity contribution in [3.05, 3.63) is 59.4 Å². The molecule has 0 amide bonds. The van der Waals surface area contributed by atoms with E-state index in [0.717, 1.165) is 10.8 Å². The van der Waals surface area contributed by atoms with Crippen molar-refractivity contribution in [3.63, 3.8) is 0 Å². The molecule has 0 atom stereocenters. The zero-order valence-electron chi connectivity index (χ0n) is 11.6. The summed E-state index contributed by atoms with van der Waals surface area (Å²) in [4.78, 5) is 2.03. The molecule has 1 N–H and O–H groups in total. The summed E-state index contributed by atoms with van der Waals surface area (Å²) < 4.78 is 39.1. The van der Waals surface area contributed by atoms with E-state index < -0.39 is 17.4 Å². The minimum absolute atomic E-state index is 0.0203. The molecule has 3 rings (SSSR count). The lowest BCUT2D eigenvalue weighted by Gasteiger charge is -2.05. The van der Waals surface area contributed by atoms with Gasteiger partial charge in [-0.2, -0.15) is 23.7 Å². The summed E-state index contributed by atoms with van der Waals surface area (Å²) in [5.74, 6) is 0. The van der Waals surface area contributed by atoms with Crippen LogP contribution in [0.4, 0.5) is 13.2 Å². The second kappa shape index (κ2) is 5.19. The number of hydrogen-bond donors (Lipinski definition) is 1. The maximum atomic E-state index is 13.0. The topological polar surface area (TPSA) is 63.4 Å². The average Bonchev–Trinajstić information content (AvgIpc) is 2.93. The first-order valence-electron chi connectivity index (χ1n) is 6.58. The molecule has 0 bridgehead atoms. The molecule has 6 heteroatoms. The van der Waals surface area contributed by atoms with Crippen molar-refractivity contribution in [2.24, 2.45) is 0 Å². The number of nitriles is 2. The smallest absolute Gasteiger partial charge is 0.341 e. The van der Waals surface area contributed by atoms with E-state index >= 15 is 0 Å². The van der Waals surface area contributed by atoms with Crippen molar-refractivity contribution in [1.29, 1.82) is 10.5 Å². The zero-order valence-corrected chi connectivity index (χ0v) is 11.6. The van der Waals surface area contributed by atoms with Crippen molar-refractivity contribution in [1.82, 2.24) is 4.98 Å². The third kappa shape index (κ3) is 2.41. The molecule has 3 aromatic rings. The highest BCUT2D eigenvalue weighted by atomic mass is 19.4. The second-order valence-electron chi connectivity index (χ2n) is 4.91. The summed E-state index contributed by atoms with van der Waals surface area (Å²) in [7, 11) is 0. The molecule has 0 aliphatic rings. The predicted molar refractivity (Wildman–Crippen MR) is 78.2 cm³/mol. The molecule has 1 aromatic heterocycles. The highest BCUT2D eigenvalue weighted by Gasteiger charge is 2.38. The predicted octanol–water partition coefficient (Wildman–Crippen LogP) is 4.60. The molecule has 0 radical (unpaired) electrons. The number of fused-ring (bicyclic) bond motifs is 1. The van der Waals surface area contributed by atoms with Gasteiger partial charge in [-0.05, 0) is 22.4 Å². The summed E-state index contributed by atoms with van der Waals surface area (Å²) >= 11 is 0. The average molecular weight is 311 g/mol. The van der Waals surface area contributed by atoms with Gasteiger partial charge in [0.1, 0.15) is 23.5 Å². The van der Waals surface area contributed by atoms with Crippen molar-refractivity contribution < 1.29 is 13.2 Å². The number of aromatic nitrogens is 1. The first-order valence-corrected chi connectivity index (χ1v) is 6.58. The Balaban J connectivity index is 2.32. The lowest BCUT2D eigenvalue weighted by molar-refractivity contribution is -0.141. The molecule has 0 aliphatic heterocycles. The van der Waals surface area contributed by atoms with Gasteiger partial charge in [0.25, 0.3) is 0 Å². The number of rotatable bonds is 1.